The molecular weight excluding hydrogens is 460 g/mol. The van der Waals surface area contributed by atoms with Gasteiger partial charge in [-0.2, -0.15) is 0 Å². The average molecular weight is 515 g/mol. The number of unbranched alkanes of at least 4 members (excludes halogenated alkanes) is 9. The van der Waals surface area contributed by atoms with Gasteiger partial charge in [-0.1, -0.05) is 91.1 Å². The minimum atomic E-state index is -0.454. The van der Waals surface area contributed by atoms with Gasteiger partial charge in [0, 0.05) is 11.8 Å². The summed E-state index contributed by atoms with van der Waals surface area (Å²) in [6.45, 7) is 9.96. The zero-order valence-electron chi connectivity index (χ0n) is 24.3. The van der Waals surface area contributed by atoms with Crippen LogP contribution in [-0.4, -0.2) is 24.6 Å². The Labute approximate surface area is 226 Å². The van der Waals surface area contributed by atoms with Crippen LogP contribution in [0.1, 0.15) is 137 Å². The number of rotatable bonds is 12. The average Bonchev–Trinajstić information content (AvgIpc) is 3.19. The SMILES string of the molecule is CCCCCCCCCCCCOC(=O)OC1CCC2C3C(C)CC4=CC(=O)CCC4(C)C3CCC12C. The minimum absolute atomic E-state index is 0.0245. The Hall–Kier alpha value is -1.32. The Kier molecular flexibility index (Phi) is 9.84. The Morgan fingerprint density at radius 2 is 1.59 bits per heavy atom. The van der Waals surface area contributed by atoms with Crippen LogP contribution in [0.4, 0.5) is 4.79 Å². The molecule has 0 radical (unpaired) electrons. The van der Waals surface area contributed by atoms with Crippen molar-refractivity contribution in [2.75, 3.05) is 6.61 Å². The second kappa shape index (κ2) is 12.7. The van der Waals surface area contributed by atoms with E-state index in [1.807, 2.05) is 6.08 Å². The Morgan fingerprint density at radius 1 is 0.919 bits per heavy atom. The van der Waals surface area contributed by atoms with Gasteiger partial charge < -0.3 is 9.47 Å². The molecule has 4 aliphatic carbocycles. The van der Waals surface area contributed by atoms with Gasteiger partial charge in [0.25, 0.3) is 0 Å². The predicted octanol–water partition coefficient (Wildman–Crippen LogP) is 9.21. The molecule has 4 heteroatoms. The molecule has 37 heavy (non-hydrogen) atoms. The zero-order chi connectivity index (χ0) is 26.5. The van der Waals surface area contributed by atoms with Crippen LogP contribution in [0.2, 0.25) is 0 Å². The molecule has 0 N–H and O–H groups in total. The van der Waals surface area contributed by atoms with Crippen molar-refractivity contribution in [2.24, 2.45) is 34.5 Å². The monoisotopic (exact) mass is 514 g/mol. The number of carbonyl (C=O) groups is 2. The number of ether oxygens (including phenoxy) is 2. The lowest BCUT2D eigenvalue weighted by atomic mass is 9.45. The minimum Gasteiger partial charge on any atom is -0.434 e. The lowest BCUT2D eigenvalue weighted by Gasteiger charge is -2.59. The van der Waals surface area contributed by atoms with Crippen LogP contribution in [0.25, 0.3) is 0 Å². The number of hydrogen-bond donors (Lipinski definition) is 0. The van der Waals surface area contributed by atoms with Gasteiger partial charge in [-0.3, -0.25) is 4.79 Å². The van der Waals surface area contributed by atoms with Gasteiger partial charge in [0.15, 0.2) is 5.78 Å². The van der Waals surface area contributed by atoms with Crippen LogP contribution in [0.15, 0.2) is 11.6 Å². The molecule has 0 spiro atoms. The van der Waals surface area contributed by atoms with Crippen LogP contribution in [0.3, 0.4) is 0 Å². The molecule has 0 aromatic rings. The fraction of sp³-hybridized carbons (Fsp3) is 0.879. The van der Waals surface area contributed by atoms with E-state index in [9.17, 15) is 9.59 Å². The normalized spacial score (nSPS) is 36.8. The summed E-state index contributed by atoms with van der Waals surface area (Å²) in [7, 11) is 0. The van der Waals surface area contributed by atoms with Crippen molar-refractivity contribution in [3.05, 3.63) is 11.6 Å². The molecule has 7 unspecified atom stereocenters. The summed E-state index contributed by atoms with van der Waals surface area (Å²) in [4.78, 5) is 24.8. The first kappa shape index (κ1) is 28.7. The third-order valence-electron chi connectivity index (χ3n) is 11.2. The van der Waals surface area contributed by atoms with E-state index in [1.54, 1.807) is 0 Å². The van der Waals surface area contributed by atoms with E-state index in [4.69, 9.17) is 9.47 Å². The van der Waals surface area contributed by atoms with Crippen LogP contribution in [0.5, 0.6) is 0 Å². The molecule has 7 atom stereocenters. The second-order valence-corrected chi connectivity index (χ2v) is 13.5. The lowest BCUT2D eigenvalue weighted by Crippen LogP contribution is -2.54. The highest BCUT2D eigenvalue weighted by atomic mass is 16.7. The van der Waals surface area contributed by atoms with Gasteiger partial charge in [-0.05, 0) is 80.1 Å². The fourth-order valence-corrected chi connectivity index (χ4v) is 8.95. The van der Waals surface area contributed by atoms with Crippen molar-refractivity contribution in [3.63, 3.8) is 0 Å². The van der Waals surface area contributed by atoms with Crippen LogP contribution in [-0.2, 0) is 14.3 Å². The standard InChI is InChI=1S/C33H54O4/c1-5-6-7-8-9-10-11-12-13-14-21-36-31(35)37-29-16-15-27-30-24(2)22-25-23-26(34)17-19-32(25,3)28(30)18-20-33(27,29)4/h23-24,27-30H,5-22H2,1-4H3. The van der Waals surface area contributed by atoms with E-state index in [0.717, 1.165) is 44.9 Å². The van der Waals surface area contributed by atoms with E-state index in [1.165, 1.54) is 63.4 Å². The summed E-state index contributed by atoms with van der Waals surface area (Å²) >= 11 is 0. The fourth-order valence-electron chi connectivity index (χ4n) is 8.95. The molecule has 3 fully saturated rings. The molecule has 3 saturated carbocycles. The maximum Gasteiger partial charge on any atom is 0.508 e. The predicted molar refractivity (Wildman–Crippen MR) is 149 cm³/mol. The van der Waals surface area contributed by atoms with Crippen molar-refractivity contribution in [1.82, 2.24) is 0 Å². The van der Waals surface area contributed by atoms with E-state index in [2.05, 4.69) is 27.7 Å². The van der Waals surface area contributed by atoms with Crippen LogP contribution in [0, 0.1) is 34.5 Å². The van der Waals surface area contributed by atoms with Crippen molar-refractivity contribution < 1.29 is 19.1 Å². The first-order valence-electron chi connectivity index (χ1n) is 15.9. The quantitative estimate of drug-likeness (QED) is 0.192. The van der Waals surface area contributed by atoms with Crippen LogP contribution >= 0.6 is 0 Å². The van der Waals surface area contributed by atoms with E-state index >= 15 is 0 Å². The number of carbonyl (C=O) groups excluding carboxylic acids is 2. The number of fused-ring (bicyclic) bond motifs is 5. The van der Waals surface area contributed by atoms with Gasteiger partial charge in [0.1, 0.15) is 6.10 Å². The van der Waals surface area contributed by atoms with Crippen LogP contribution < -0.4 is 0 Å². The third-order valence-corrected chi connectivity index (χ3v) is 11.2. The highest BCUT2D eigenvalue weighted by Crippen LogP contribution is 2.66. The zero-order valence-corrected chi connectivity index (χ0v) is 24.3. The summed E-state index contributed by atoms with van der Waals surface area (Å²) < 4.78 is 11.5. The Balaban J connectivity index is 1.21. The van der Waals surface area contributed by atoms with Gasteiger partial charge in [-0.15, -0.1) is 0 Å². The molecule has 4 nitrogen and oxygen atoms in total. The summed E-state index contributed by atoms with van der Waals surface area (Å²) in [6, 6.07) is 0. The highest BCUT2D eigenvalue weighted by Gasteiger charge is 2.61. The molecule has 0 saturated heterocycles. The first-order chi connectivity index (χ1) is 17.8. The molecule has 0 aromatic heterocycles. The molecule has 0 aliphatic heterocycles. The van der Waals surface area contributed by atoms with Gasteiger partial charge in [0.05, 0.1) is 6.61 Å². The maximum atomic E-state index is 12.6. The summed E-state index contributed by atoms with van der Waals surface area (Å²) in [5, 5.41) is 0. The van der Waals surface area contributed by atoms with Crippen molar-refractivity contribution in [3.8, 4) is 0 Å². The molecule has 4 rings (SSSR count). The van der Waals surface area contributed by atoms with Gasteiger partial charge in [0.2, 0.25) is 0 Å². The topological polar surface area (TPSA) is 52.6 Å². The maximum absolute atomic E-state index is 12.6. The summed E-state index contributed by atoms with van der Waals surface area (Å²) in [5.74, 6) is 2.81. The Bertz CT molecular complexity index is 817. The molecule has 0 heterocycles. The Morgan fingerprint density at radius 3 is 2.30 bits per heavy atom. The number of ketones is 1. The highest BCUT2D eigenvalue weighted by molar-refractivity contribution is 5.91. The molecular formula is C33H54O4. The smallest absolute Gasteiger partial charge is 0.434 e. The molecule has 0 aromatic carbocycles. The van der Waals surface area contributed by atoms with Crippen molar-refractivity contribution in [2.45, 2.75) is 143 Å². The van der Waals surface area contributed by atoms with Gasteiger partial charge >= 0.3 is 6.16 Å². The first-order valence-corrected chi connectivity index (χ1v) is 15.9. The molecule has 210 valence electrons. The largest absolute Gasteiger partial charge is 0.508 e. The number of allylic oxidation sites excluding steroid dienone is 1. The van der Waals surface area contributed by atoms with E-state index < -0.39 is 6.16 Å². The molecule has 0 amide bonds. The van der Waals surface area contributed by atoms with E-state index in [0.29, 0.717) is 42.5 Å². The second-order valence-electron chi connectivity index (χ2n) is 13.5. The lowest BCUT2D eigenvalue weighted by molar-refractivity contribution is -0.120. The third kappa shape index (κ3) is 6.30. The van der Waals surface area contributed by atoms with Crippen molar-refractivity contribution in [1.29, 1.82) is 0 Å². The van der Waals surface area contributed by atoms with Gasteiger partial charge in [-0.25, -0.2) is 4.79 Å². The van der Waals surface area contributed by atoms with E-state index in [-0.39, 0.29) is 16.9 Å². The molecule has 4 aliphatic rings. The summed E-state index contributed by atoms with van der Waals surface area (Å²) in [5.41, 5.74) is 1.65. The number of hydrogen-bond acceptors (Lipinski definition) is 4. The molecule has 0 bridgehead atoms. The summed E-state index contributed by atoms with van der Waals surface area (Å²) in [6.07, 6.45) is 21.4. The van der Waals surface area contributed by atoms with Crippen molar-refractivity contribution >= 4 is 11.9 Å².